The first-order valence-corrected chi connectivity index (χ1v) is 5.70. The maximum Gasteiger partial charge on any atom is 0.126 e. The standard InChI is InChI=1S/C13H17FO2/c1-10-2-3-11(8-13(10)14)9-16-12-4-6-15-7-5-12/h2-3,8,12H,4-7,9H2,1H3. The molecule has 16 heavy (non-hydrogen) atoms. The van der Waals surface area contributed by atoms with E-state index in [1.807, 2.05) is 6.07 Å². The Balaban J connectivity index is 1.86. The molecule has 0 atom stereocenters. The minimum atomic E-state index is -0.159. The van der Waals surface area contributed by atoms with E-state index in [2.05, 4.69) is 0 Å². The number of ether oxygens (including phenoxy) is 2. The molecule has 3 heteroatoms. The van der Waals surface area contributed by atoms with Crippen molar-refractivity contribution in [3.05, 3.63) is 35.1 Å². The molecule has 0 aromatic heterocycles. The first kappa shape index (κ1) is 11.6. The molecular weight excluding hydrogens is 207 g/mol. The summed E-state index contributed by atoms with van der Waals surface area (Å²) in [5.74, 6) is -0.159. The fraction of sp³-hybridized carbons (Fsp3) is 0.538. The van der Waals surface area contributed by atoms with Gasteiger partial charge in [0, 0.05) is 13.2 Å². The Bertz CT molecular complexity index is 346. The van der Waals surface area contributed by atoms with Crippen LogP contribution in [0.2, 0.25) is 0 Å². The number of halogens is 1. The molecular formula is C13H17FO2. The Morgan fingerprint density at radius 1 is 1.38 bits per heavy atom. The second-order valence-electron chi connectivity index (χ2n) is 4.21. The predicted octanol–water partition coefficient (Wildman–Crippen LogP) is 2.83. The molecule has 0 bridgehead atoms. The van der Waals surface area contributed by atoms with Gasteiger partial charge in [-0.05, 0) is 37.0 Å². The molecule has 0 saturated carbocycles. The monoisotopic (exact) mass is 224 g/mol. The highest BCUT2D eigenvalue weighted by Gasteiger charge is 2.14. The van der Waals surface area contributed by atoms with E-state index >= 15 is 0 Å². The van der Waals surface area contributed by atoms with Crippen LogP contribution in [0.15, 0.2) is 18.2 Å². The van der Waals surface area contributed by atoms with Gasteiger partial charge in [0.15, 0.2) is 0 Å². The molecule has 88 valence electrons. The predicted molar refractivity (Wildman–Crippen MR) is 59.8 cm³/mol. The Hall–Kier alpha value is -0.930. The minimum Gasteiger partial charge on any atom is -0.381 e. The molecule has 0 aliphatic carbocycles. The zero-order valence-electron chi connectivity index (χ0n) is 9.54. The van der Waals surface area contributed by atoms with E-state index in [1.165, 1.54) is 0 Å². The quantitative estimate of drug-likeness (QED) is 0.786. The Morgan fingerprint density at radius 3 is 2.81 bits per heavy atom. The van der Waals surface area contributed by atoms with Gasteiger partial charge < -0.3 is 9.47 Å². The largest absolute Gasteiger partial charge is 0.381 e. The fourth-order valence-corrected chi connectivity index (χ4v) is 1.78. The lowest BCUT2D eigenvalue weighted by Gasteiger charge is -2.22. The van der Waals surface area contributed by atoms with Gasteiger partial charge in [-0.2, -0.15) is 0 Å². The summed E-state index contributed by atoms with van der Waals surface area (Å²) >= 11 is 0. The Labute approximate surface area is 95.4 Å². The number of rotatable bonds is 3. The van der Waals surface area contributed by atoms with Crippen molar-refractivity contribution in [1.82, 2.24) is 0 Å². The van der Waals surface area contributed by atoms with Crippen LogP contribution in [0.5, 0.6) is 0 Å². The van der Waals surface area contributed by atoms with Crippen molar-refractivity contribution < 1.29 is 13.9 Å². The number of benzene rings is 1. The van der Waals surface area contributed by atoms with E-state index in [0.717, 1.165) is 31.6 Å². The first-order valence-electron chi connectivity index (χ1n) is 5.70. The summed E-state index contributed by atoms with van der Waals surface area (Å²) in [6.07, 6.45) is 2.14. The highest BCUT2D eigenvalue weighted by atomic mass is 19.1. The normalized spacial score (nSPS) is 17.6. The van der Waals surface area contributed by atoms with E-state index in [-0.39, 0.29) is 11.9 Å². The Kier molecular flexibility index (Phi) is 3.91. The second-order valence-corrected chi connectivity index (χ2v) is 4.21. The third-order valence-electron chi connectivity index (χ3n) is 2.89. The molecule has 0 spiro atoms. The lowest BCUT2D eigenvalue weighted by atomic mass is 10.1. The summed E-state index contributed by atoms with van der Waals surface area (Å²) in [5, 5.41) is 0. The molecule has 2 nitrogen and oxygen atoms in total. The third-order valence-corrected chi connectivity index (χ3v) is 2.89. The number of hydrogen-bond acceptors (Lipinski definition) is 2. The van der Waals surface area contributed by atoms with E-state index < -0.39 is 0 Å². The fourth-order valence-electron chi connectivity index (χ4n) is 1.78. The number of hydrogen-bond donors (Lipinski definition) is 0. The minimum absolute atomic E-state index is 0.159. The van der Waals surface area contributed by atoms with Crippen LogP contribution < -0.4 is 0 Å². The molecule has 2 rings (SSSR count). The van der Waals surface area contributed by atoms with Gasteiger partial charge in [-0.1, -0.05) is 12.1 Å². The molecule has 0 unspecified atom stereocenters. The van der Waals surface area contributed by atoms with Gasteiger partial charge in [-0.25, -0.2) is 4.39 Å². The molecule has 1 aliphatic heterocycles. The van der Waals surface area contributed by atoms with E-state index in [1.54, 1.807) is 19.1 Å². The summed E-state index contributed by atoms with van der Waals surface area (Å²) in [5.41, 5.74) is 1.57. The van der Waals surface area contributed by atoms with Crippen LogP contribution in [0, 0.1) is 12.7 Å². The molecule has 0 radical (unpaired) electrons. The van der Waals surface area contributed by atoms with Crippen LogP contribution >= 0.6 is 0 Å². The van der Waals surface area contributed by atoms with Crippen molar-refractivity contribution in [2.24, 2.45) is 0 Å². The molecule has 0 amide bonds. The van der Waals surface area contributed by atoms with Crippen molar-refractivity contribution in [2.45, 2.75) is 32.5 Å². The van der Waals surface area contributed by atoms with Crippen LogP contribution in [0.3, 0.4) is 0 Å². The van der Waals surface area contributed by atoms with Gasteiger partial charge in [0.25, 0.3) is 0 Å². The zero-order chi connectivity index (χ0) is 11.4. The second kappa shape index (κ2) is 5.41. The van der Waals surface area contributed by atoms with Crippen LogP contribution in [0.4, 0.5) is 4.39 Å². The van der Waals surface area contributed by atoms with Crippen LogP contribution in [0.1, 0.15) is 24.0 Å². The van der Waals surface area contributed by atoms with E-state index in [0.29, 0.717) is 12.2 Å². The van der Waals surface area contributed by atoms with Gasteiger partial charge in [-0.3, -0.25) is 0 Å². The summed E-state index contributed by atoms with van der Waals surface area (Å²) < 4.78 is 24.2. The van der Waals surface area contributed by atoms with Crippen LogP contribution in [0.25, 0.3) is 0 Å². The van der Waals surface area contributed by atoms with Gasteiger partial charge in [0.05, 0.1) is 12.7 Å². The summed E-state index contributed by atoms with van der Waals surface area (Å²) in [7, 11) is 0. The molecule has 1 fully saturated rings. The summed E-state index contributed by atoms with van der Waals surface area (Å²) in [6, 6.07) is 5.25. The van der Waals surface area contributed by atoms with Crippen LogP contribution in [-0.4, -0.2) is 19.3 Å². The van der Waals surface area contributed by atoms with Crippen molar-refractivity contribution in [2.75, 3.05) is 13.2 Å². The molecule has 1 aromatic rings. The average Bonchev–Trinajstić information content (AvgIpc) is 2.32. The topological polar surface area (TPSA) is 18.5 Å². The molecule has 1 saturated heterocycles. The molecule has 1 aliphatic rings. The van der Waals surface area contributed by atoms with Crippen molar-refractivity contribution in [3.8, 4) is 0 Å². The van der Waals surface area contributed by atoms with Crippen LogP contribution in [-0.2, 0) is 16.1 Å². The lowest BCUT2D eigenvalue weighted by Crippen LogP contribution is -2.23. The van der Waals surface area contributed by atoms with Crippen molar-refractivity contribution in [1.29, 1.82) is 0 Å². The van der Waals surface area contributed by atoms with Gasteiger partial charge in [-0.15, -0.1) is 0 Å². The van der Waals surface area contributed by atoms with Gasteiger partial charge >= 0.3 is 0 Å². The first-order chi connectivity index (χ1) is 7.75. The maximum absolute atomic E-state index is 13.3. The van der Waals surface area contributed by atoms with Gasteiger partial charge in [0.1, 0.15) is 5.82 Å². The summed E-state index contributed by atoms with van der Waals surface area (Å²) in [4.78, 5) is 0. The lowest BCUT2D eigenvalue weighted by molar-refractivity contribution is -0.0391. The smallest absolute Gasteiger partial charge is 0.126 e. The molecule has 1 aromatic carbocycles. The highest BCUT2D eigenvalue weighted by Crippen LogP contribution is 2.15. The van der Waals surface area contributed by atoms with E-state index in [4.69, 9.17) is 9.47 Å². The van der Waals surface area contributed by atoms with Crippen molar-refractivity contribution in [3.63, 3.8) is 0 Å². The molecule has 1 heterocycles. The Morgan fingerprint density at radius 2 is 2.12 bits per heavy atom. The van der Waals surface area contributed by atoms with Gasteiger partial charge in [0.2, 0.25) is 0 Å². The third kappa shape index (κ3) is 3.03. The summed E-state index contributed by atoms with van der Waals surface area (Å²) in [6.45, 7) is 3.79. The maximum atomic E-state index is 13.3. The zero-order valence-corrected chi connectivity index (χ0v) is 9.54. The van der Waals surface area contributed by atoms with E-state index in [9.17, 15) is 4.39 Å². The van der Waals surface area contributed by atoms with Crippen molar-refractivity contribution >= 4 is 0 Å². The highest BCUT2D eigenvalue weighted by molar-refractivity contribution is 5.22. The SMILES string of the molecule is Cc1ccc(COC2CCOCC2)cc1F. The molecule has 0 N–H and O–H groups in total. The average molecular weight is 224 g/mol. The number of aryl methyl sites for hydroxylation is 1.